The fourth-order valence-corrected chi connectivity index (χ4v) is 4.86. The van der Waals surface area contributed by atoms with Crippen LogP contribution in [0.2, 0.25) is 0 Å². The van der Waals surface area contributed by atoms with Gasteiger partial charge in [-0.1, -0.05) is 78.0 Å². The van der Waals surface area contributed by atoms with Crippen molar-refractivity contribution in [3.63, 3.8) is 0 Å². The average Bonchev–Trinajstić information content (AvgIpc) is 2.76. The van der Waals surface area contributed by atoms with E-state index in [4.69, 9.17) is 4.74 Å². The Morgan fingerprint density at radius 1 is 0.778 bits per heavy atom. The lowest BCUT2D eigenvalue weighted by Crippen LogP contribution is -2.23. The summed E-state index contributed by atoms with van der Waals surface area (Å²) in [5.74, 6) is 0.0824. The number of aliphatic hydroxyl groups excluding tert-OH is 1. The van der Waals surface area contributed by atoms with Gasteiger partial charge in [-0.25, -0.2) is 0 Å². The molecule has 0 unspecified atom stereocenters. The summed E-state index contributed by atoms with van der Waals surface area (Å²) in [5, 5.41) is 9.53. The predicted molar refractivity (Wildman–Crippen MR) is 149 cm³/mol. The highest BCUT2D eigenvalue weighted by Crippen LogP contribution is 2.35. The highest BCUT2D eigenvalue weighted by atomic mass is 16.5. The Morgan fingerprint density at radius 3 is 1.58 bits per heavy atom. The molecule has 0 aromatic carbocycles. The summed E-state index contributed by atoms with van der Waals surface area (Å²) in [4.78, 5) is 26.6. The standard InChI is InChI=1S/C32H48O4/c1-29(2,22-33)16-10-12-23-18-30(3,4)20-25(27(23)34)14-15-26-21-31(5,6)19-24(28(26)35)13-11-17-32(7,8)36-9/h14-15,18-21,33H,10-13,16-17,22H2,1-9H3/b15-14-. The van der Waals surface area contributed by atoms with Crippen LogP contribution in [0.25, 0.3) is 0 Å². The van der Waals surface area contributed by atoms with Crippen molar-refractivity contribution in [2.24, 2.45) is 16.2 Å². The van der Waals surface area contributed by atoms with Gasteiger partial charge in [0.15, 0.2) is 11.6 Å². The number of ether oxygens (including phenoxy) is 1. The minimum absolute atomic E-state index is 0.0352. The number of hydrogen-bond acceptors (Lipinski definition) is 4. The molecule has 0 saturated carbocycles. The summed E-state index contributed by atoms with van der Waals surface area (Å²) in [6, 6.07) is 0. The lowest BCUT2D eigenvalue weighted by atomic mass is 9.77. The van der Waals surface area contributed by atoms with Crippen LogP contribution in [0.3, 0.4) is 0 Å². The maximum absolute atomic E-state index is 13.3. The lowest BCUT2D eigenvalue weighted by Gasteiger charge is -2.27. The third-order valence-corrected chi connectivity index (χ3v) is 7.20. The smallest absolute Gasteiger partial charge is 0.188 e. The fraction of sp³-hybridized carbons (Fsp3) is 0.625. The van der Waals surface area contributed by atoms with Crippen LogP contribution in [0, 0.1) is 16.2 Å². The first kappa shape index (κ1) is 30.2. The van der Waals surface area contributed by atoms with Crippen molar-refractivity contribution in [2.75, 3.05) is 13.7 Å². The number of aliphatic hydroxyl groups is 1. The molecule has 1 N–H and O–H groups in total. The van der Waals surface area contributed by atoms with E-state index in [2.05, 4.69) is 53.7 Å². The molecule has 0 radical (unpaired) electrons. The molecule has 4 heteroatoms. The maximum Gasteiger partial charge on any atom is 0.188 e. The van der Waals surface area contributed by atoms with Gasteiger partial charge in [-0.3, -0.25) is 9.59 Å². The molecule has 0 amide bonds. The molecule has 0 spiro atoms. The zero-order chi connectivity index (χ0) is 27.4. The zero-order valence-corrected chi connectivity index (χ0v) is 24.1. The van der Waals surface area contributed by atoms with Crippen LogP contribution in [0.15, 0.2) is 58.7 Å². The van der Waals surface area contributed by atoms with Crippen LogP contribution in [-0.2, 0) is 14.3 Å². The van der Waals surface area contributed by atoms with E-state index >= 15 is 0 Å². The summed E-state index contributed by atoms with van der Waals surface area (Å²) in [6.45, 7) is 16.8. The molecule has 0 aliphatic heterocycles. The second kappa shape index (κ2) is 11.6. The summed E-state index contributed by atoms with van der Waals surface area (Å²) in [6.07, 6.45) is 16.7. The summed E-state index contributed by atoms with van der Waals surface area (Å²) >= 11 is 0. The Hall–Kier alpha value is -2.04. The van der Waals surface area contributed by atoms with Crippen LogP contribution in [-0.4, -0.2) is 36.0 Å². The van der Waals surface area contributed by atoms with E-state index in [-0.39, 0.29) is 40.0 Å². The quantitative estimate of drug-likeness (QED) is 0.309. The van der Waals surface area contributed by atoms with Gasteiger partial charge in [0.2, 0.25) is 0 Å². The summed E-state index contributed by atoms with van der Waals surface area (Å²) in [5.41, 5.74) is 2.14. The monoisotopic (exact) mass is 496 g/mol. The minimum atomic E-state index is -0.237. The topological polar surface area (TPSA) is 63.6 Å². The maximum atomic E-state index is 13.3. The first-order valence-electron chi connectivity index (χ1n) is 13.3. The van der Waals surface area contributed by atoms with Gasteiger partial charge in [-0.05, 0) is 68.9 Å². The largest absolute Gasteiger partial charge is 0.396 e. The number of allylic oxidation sites excluding steroid dienone is 10. The Labute approximate surface area is 219 Å². The molecule has 2 aliphatic carbocycles. The summed E-state index contributed by atoms with van der Waals surface area (Å²) in [7, 11) is 1.72. The zero-order valence-electron chi connectivity index (χ0n) is 24.1. The molecule has 36 heavy (non-hydrogen) atoms. The van der Waals surface area contributed by atoms with Gasteiger partial charge in [0.25, 0.3) is 0 Å². The molecule has 0 aromatic heterocycles. The second-order valence-electron chi connectivity index (χ2n) is 13.2. The third kappa shape index (κ3) is 8.81. The SMILES string of the molecule is COC(C)(C)CCCC1=CC(C)(C)C=C(/C=C\C2=CC(C)(C)C=C(CCCC(C)(C)CO)C2=O)C1=O. The van der Waals surface area contributed by atoms with Crippen molar-refractivity contribution in [1.82, 2.24) is 0 Å². The minimum Gasteiger partial charge on any atom is -0.396 e. The van der Waals surface area contributed by atoms with Gasteiger partial charge in [-0.2, -0.15) is 0 Å². The molecule has 4 nitrogen and oxygen atoms in total. The van der Waals surface area contributed by atoms with Crippen molar-refractivity contribution in [3.05, 3.63) is 58.7 Å². The second-order valence-corrected chi connectivity index (χ2v) is 13.2. The Bertz CT molecular complexity index is 913. The number of carbonyl (C=O) groups excluding carboxylic acids is 2. The van der Waals surface area contributed by atoms with E-state index < -0.39 is 0 Å². The highest BCUT2D eigenvalue weighted by molar-refractivity contribution is 6.13. The van der Waals surface area contributed by atoms with E-state index in [9.17, 15) is 14.7 Å². The van der Waals surface area contributed by atoms with E-state index in [0.717, 1.165) is 36.8 Å². The Morgan fingerprint density at radius 2 is 1.19 bits per heavy atom. The first-order chi connectivity index (χ1) is 16.5. The molecule has 0 fully saturated rings. The predicted octanol–water partition coefficient (Wildman–Crippen LogP) is 7.25. The van der Waals surface area contributed by atoms with E-state index in [0.29, 0.717) is 24.0 Å². The van der Waals surface area contributed by atoms with E-state index in [1.807, 2.05) is 38.2 Å². The molecular formula is C32H48O4. The molecule has 0 heterocycles. The molecule has 2 rings (SSSR count). The van der Waals surface area contributed by atoms with Crippen LogP contribution in [0.5, 0.6) is 0 Å². The van der Waals surface area contributed by atoms with Crippen molar-refractivity contribution >= 4 is 11.6 Å². The van der Waals surface area contributed by atoms with Gasteiger partial charge in [0, 0.05) is 35.7 Å². The summed E-state index contributed by atoms with van der Waals surface area (Å²) < 4.78 is 5.52. The Kier molecular flexibility index (Phi) is 9.70. The van der Waals surface area contributed by atoms with Crippen LogP contribution >= 0.6 is 0 Å². The van der Waals surface area contributed by atoms with Gasteiger partial charge in [-0.15, -0.1) is 0 Å². The van der Waals surface area contributed by atoms with Crippen molar-refractivity contribution < 1.29 is 19.4 Å². The molecule has 0 aromatic rings. The molecule has 0 bridgehead atoms. The molecule has 2 aliphatic rings. The number of methoxy groups -OCH3 is 1. The molecule has 0 atom stereocenters. The van der Waals surface area contributed by atoms with Gasteiger partial charge in [0.05, 0.1) is 5.60 Å². The Balaban J connectivity index is 2.15. The number of carbonyl (C=O) groups is 2. The number of ketones is 2. The van der Waals surface area contributed by atoms with Crippen molar-refractivity contribution in [1.29, 1.82) is 0 Å². The molecule has 200 valence electrons. The van der Waals surface area contributed by atoms with E-state index in [1.54, 1.807) is 7.11 Å². The van der Waals surface area contributed by atoms with Crippen LogP contribution in [0.4, 0.5) is 0 Å². The molecular weight excluding hydrogens is 448 g/mol. The highest BCUT2D eigenvalue weighted by Gasteiger charge is 2.29. The van der Waals surface area contributed by atoms with E-state index in [1.165, 1.54) is 0 Å². The number of Topliss-reactive ketones (excluding diaryl/α,β-unsaturated/α-hetero) is 2. The van der Waals surface area contributed by atoms with Gasteiger partial charge >= 0.3 is 0 Å². The van der Waals surface area contributed by atoms with Crippen LogP contribution < -0.4 is 0 Å². The number of hydrogen-bond donors (Lipinski definition) is 1. The normalized spacial score (nSPS) is 20.3. The molecule has 0 saturated heterocycles. The van der Waals surface area contributed by atoms with Gasteiger partial charge in [0.1, 0.15) is 0 Å². The van der Waals surface area contributed by atoms with Crippen LogP contribution in [0.1, 0.15) is 93.9 Å². The van der Waals surface area contributed by atoms with Gasteiger partial charge < -0.3 is 9.84 Å². The average molecular weight is 497 g/mol. The first-order valence-corrected chi connectivity index (χ1v) is 13.3. The number of rotatable bonds is 12. The van der Waals surface area contributed by atoms with Crippen molar-refractivity contribution in [2.45, 2.75) is 99.5 Å². The lowest BCUT2D eigenvalue weighted by molar-refractivity contribution is -0.113. The third-order valence-electron chi connectivity index (χ3n) is 7.20. The van der Waals surface area contributed by atoms with Crippen molar-refractivity contribution in [3.8, 4) is 0 Å². The fourth-order valence-electron chi connectivity index (χ4n) is 4.86.